The van der Waals surface area contributed by atoms with Gasteiger partial charge in [0.25, 0.3) is 5.96 Å². The van der Waals surface area contributed by atoms with Crippen LogP contribution in [0.5, 0.6) is 0 Å². The lowest BCUT2D eigenvalue weighted by atomic mass is 9.93. The van der Waals surface area contributed by atoms with Crippen molar-refractivity contribution in [3.63, 3.8) is 0 Å². The van der Waals surface area contributed by atoms with Crippen molar-refractivity contribution in [2.45, 2.75) is 200 Å². The van der Waals surface area contributed by atoms with E-state index in [9.17, 15) is 19.7 Å². The standard InChI is InChI=1S/C37H73N5O4/c1-3-5-7-9-11-13-15-16-17-18-19-20-22-24-26-30-35(43)33-34(29-28-32-40-37(38)41-42(45)46)36(44)39-31-27-25-23-21-14-12-10-8-6-4-2/h34H,3-33H2,1-2H3,(H,39,44)(H3,38,40,41)/t34-/m1/s1. The van der Waals surface area contributed by atoms with Gasteiger partial charge in [0.15, 0.2) is 5.03 Å². The first-order valence-corrected chi connectivity index (χ1v) is 19.4. The van der Waals surface area contributed by atoms with Crippen molar-refractivity contribution in [3.8, 4) is 0 Å². The summed E-state index contributed by atoms with van der Waals surface area (Å²) in [6, 6.07) is 0. The summed E-state index contributed by atoms with van der Waals surface area (Å²) in [7, 11) is 0. The maximum Gasteiger partial charge on any atom is 0.251 e. The van der Waals surface area contributed by atoms with Crippen LogP contribution >= 0.6 is 0 Å². The van der Waals surface area contributed by atoms with Crippen molar-refractivity contribution in [1.82, 2.24) is 10.7 Å². The number of carbonyl (C=O) groups excluding carboxylic acids is 2. The predicted octanol–water partition coefficient (Wildman–Crippen LogP) is 9.74. The monoisotopic (exact) mass is 652 g/mol. The van der Waals surface area contributed by atoms with Gasteiger partial charge in [-0.05, 0) is 25.7 Å². The second kappa shape index (κ2) is 34.2. The average molecular weight is 652 g/mol. The first-order chi connectivity index (χ1) is 22.4. The smallest absolute Gasteiger partial charge is 0.251 e. The molecule has 0 fully saturated rings. The van der Waals surface area contributed by atoms with Crippen molar-refractivity contribution in [2.75, 3.05) is 13.1 Å². The number of carbonyl (C=O) groups is 2. The second-order valence-corrected chi connectivity index (χ2v) is 13.4. The summed E-state index contributed by atoms with van der Waals surface area (Å²) in [4.78, 5) is 40.3. The van der Waals surface area contributed by atoms with E-state index in [2.05, 4.69) is 24.2 Å². The number of amides is 1. The second-order valence-electron chi connectivity index (χ2n) is 13.4. The Morgan fingerprint density at radius 3 is 1.50 bits per heavy atom. The minimum atomic E-state index is -0.751. The van der Waals surface area contributed by atoms with E-state index in [0.29, 0.717) is 25.8 Å². The molecule has 0 aromatic heterocycles. The number of hydrazine groups is 1. The molecule has 0 radical (unpaired) electrons. The fourth-order valence-electron chi connectivity index (χ4n) is 6.03. The summed E-state index contributed by atoms with van der Waals surface area (Å²) in [6.45, 7) is 5.41. The summed E-state index contributed by atoms with van der Waals surface area (Å²) in [5.41, 5.74) is 7.32. The van der Waals surface area contributed by atoms with Crippen LogP contribution in [0.3, 0.4) is 0 Å². The maximum absolute atomic E-state index is 13.0. The van der Waals surface area contributed by atoms with Crippen LogP contribution in [0, 0.1) is 16.0 Å². The Balaban J connectivity index is 4.21. The number of unbranched alkanes of at least 4 members (excludes halogenated alkanes) is 23. The van der Waals surface area contributed by atoms with E-state index >= 15 is 0 Å². The van der Waals surface area contributed by atoms with Crippen LogP contribution in [-0.2, 0) is 9.59 Å². The molecule has 270 valence electrons. The summed E-state index contributed by atoms with van der Waals surface area (Å²) in [6.07, 6.45) is 33.6. The topological polar surface area (TPSA) is 140 Å². The van der Waals surface area contributed by atoms with E-state index in [1.807, 2.05) is 5.43 Å². The van der Waals surface area contributed by atoms with Gasteiger partial charge in [-0.3, -0.25) is 9.59 Å². The molecule has 46 heavy (non-hydrogen) atoms. The van der Waals surface area contributed by atoms with Gasteiger partial charge in [0.2, 0.25) is 5.91 Å². The Hall–Kier alpha value is -2.19. The summed E-state index contributed by atoms with van der Waals surface area (Å²) in [5.74, 6) is -0.573. The molecule has 9 heteroatoms. The number of nitrogens with two attached hydrogens (primary N) is 1. The molecule has 0 aliphatic heterocycles. The van der Waals surface area contributed by atoms with E-state index in [1.165, 1.54) is 135 Å². The minimum Gasteiger partial charge on any atom is -0.365 e. The molecular formula is C37H73N5O4. The van der Waals surface area contributed by atoms with Crippen molar-refractivity contribution < 1.29 is 14.6 Å². The SMILES string of the molecule is CCCCCCCCCCCCCCCCCC(=O)C[C@@H](CCCN=C(N)N[N+](=O)[O-])C(=O)NCCCCCCCCCCCC. The van der Waals surface area contributed by atoms with Crippen LogP contribution in [0.15, 0.2) is 4.99 Å². The number of rotatable bonds is 35. The molecule has 1 amide bonds. The third-order valence-electron chi connectivity index (χ3n) is 8.93. The van der Waals surface area contributed by atoms with Gasteiger partial charge in [-0.2, -0.15) is 0 Å². The average Bonchev–Trinajstić information content (AvgIpc) is 3.02. The molecule has 0 bridgehead atoms. The molecule has 4 N–H and O–H groups in total. The Morgan fingerprint density at radius 1 is 0.652 bits per heavy atom. The lowest BCUT2D eigenvalue weighted by Crippen LogP contribution is -2.36. The van der Waals surface area contributed by atoms with Crippen molar-refractivity contribution in [1.29, 1.82) is 0 Å². The highest BCUT2D eigenvalue weighted by Crippen LogP contribution is 2.17. The number of hydrogen-bond acceptors (Lipinski definition) is 5. The number of nitrogens with one attached hydrogen (secondary N) is 2. The third kappa shape index (κ3) is 31.8. The number of nitrogens with zero attached hydrogens (tertiary/aromatic N) is 2. The molecule has 0 unspecified atom stereocenters. The summed E-state index contributed by atoms with van der Waals surface area (Å²) >= 11 is 0. The molecule has 9 nitrogen and oxygen atoms in total. The van der Waals surface area contributed by atoms with Crippen LogP contribution in [-0.4, -0.2) is 35.8 Å². The van der Waals surface area contributed by atoms with Crippen molar-refractivity contribution in [2.24, 2.45) is 16.6 Å². The molecule has 1 atom stereocenters. The van der Waals surface area contributed by atoms with Gasteiger partial charge in [0.1, 0.15) is 5.78 Å². The quantitative estimate of drug-likeness (QED) is 0.0205. The van der Waals surface area contributed by atoms with Gasteiger partial charge < -0.3 is 11.1 Å². The highest BCUT2D eigenvalue weighted by molar-refractivity contribution is 5.86. The molecule has 0 saturated carbocycles. The van der Waals surface area contributed by atoms with Gasteiger partial charge in [-0.25, -0.2) is 15.1 Å². The Bertz CT molecular complexity index is 762. The molecule has 0 rings (SSSR count). The van der Waals surface area contributed by atoms with Crippen molar-refractivity contribution in [3.05, 3.63) is 10.1 Å². The van der Waals surface area contributed by atoms with E-state index < -0.39 is 11.0 Å². The number of ketones is 1. The lowest BCUT2D eigenvalue weighted by Gasteiger charge is -2.16. The number of hydrogen-bond donors (Lipinski definition) is 3. The van der Waals surface area contributed by atoms with Gasteiger partial charge >= 0.3 is 0 Å². The molecule has 0 aliphatic rings. The van der Waals surface area contributed by atoms with Crippen LogP contribution in [0.1, 0.15) is 200 Å². The summed E-state index contributed by atoms with van der Waals surface area (Å²) < 4.78 is 0. The number of Topliss-reactive ketones (excluding diaryl/α,β-unsaturated/α-hetero) is 1. The van der Waals surface area contributed by atoms with Crippen LogP contribution in [0.4, 0.5) is 0 Å². The van der Waals surface area contributed by atoms with Crippen molar-refractivity contribution >= 4 is 17.6 Å². The minimum absolute atomic E-state index is 0.0684. The Labute approximate surface area is 282 Å². The van der Waals surface area contributed by atoms with E-state index in [1.54, 1.807) is 0 Å². The fourth-order valence-corrected chi connectivity index (χ4v) is 6.03. The van der Waals surface area contributed by atoms with E-state index in [4.69, 9.17) is 5.73 Å². The van der Waals surface area contributed by atoms with Crippen LogP contribution < -0.4 is 16.5 Å². The first-order valence-electron chi connectivity index (χ1n) is 19.4. The number of aliphatic imine (C=N–C) groups is 1. The molecule has 0 saturated heterocycles. The van der Waals surface area contributed by atoms with Crippen LogP contribution in [0.25, 0.3) is 0 Å². The molecule has 0 spiro atoms. The van der Waals surface area contributed by atoms with E-state index in [-0.39, 0.29) is 30.6 Å². The zero-order valence-corrected chi connectivity index (χ0v) is 30.1. The molecular weight excluding hydrogens is 578 g/mol. The zero-order valence-electron chi connectivity index (χ0n) is 30.1. The normalized spacial score (nSPS) is 12.3. The predicted molar refractivity (Wildman–Crippen MR) is 193 cm³/mol. The zero-order chi connectivity index (χ0) is 33.9. The van der Waals surface area contributed by atoms with E-state index in [0.717, 1.165) is 25.7 Å². The van der Waals surface area contributed by atoms with Gasteiger partial charge in [0.05, 0.1) is 0 Å². The first kappa shape index (κ1) is 43.8. The fraction of sp³-hybridized carbons (Fsp3) is 0.919. The van der Waals surface area contributed by atoms with Crippen LogP contribution in [0.2, 0.25) is 0 Å². The third-order valence-corrected chi connectivity index (χ3v) is 8.93. The van der Waals surface area contributed by atoms with Gasteiger partial charge in [-0.15, -0.1) is 0 Å². The highest BCUT2D eigenvalue weighted by Gasteiger charge is 2.21. The largest absolute Gasteiger partial charge is 0.365 e. The summed E-state index contributed by atoms with van der Waals surface area (Å²) in [5, 5.41) is 12.8. The number of guanidine groups is 1. The highest BCUT2D eigenvalue weighted by atomic mass is 16.7. The Kier molecular flexibility index (Phi) is 32.5. The number of nitro groups is 1. The maximum atomic E-state index is 13.0. The van der Waals surface area contributed by atoms with Gasteiger partial charge in [-0.1, -0.05) is 167 Å². The molecule has 0 heterocycles. The molecule has 0 aromatic carbocycles. The Morgan fingerprint density at radius 2 is 1.07 bits per heavy atom. The molecule has 0 aliphatic carbocycles. The lowest BCUT2D eigenvalue weighted by molar-refractivity contribution is -0.525. The molecule has 0 aromatic rings. The van der Waals surface area contributed by atoms with Gasteiger partial charge in [0, 0.05) is 31.8 Å².